The Morgan fingerprint density at radius 2 is 2.00 bits per heavy atom. The number of hydrogen-bond donors (Lipinski definition) is 1. The molecule has 1 aliphatic heterocycles. The van der Waals surface area contributed by atoms with Crippen LogP contribution in [0, 0.1) is 17.0 Å². The number of rotatable bonds is 5. The molecule has 8 nitrogen and oxygen atoms in total. The van der Waals surface area contributed by atoms with Gasteiger partial charge in [-0.25, -0.2) is 4.79 Å². The third-order valence-electron chi connectivity index (χ3n) is 4.11. The van der Waals surface area contributed by atoms with Crippen LogP contribution in [0.5, 0.6) is 5.75 Å². The highest BCUT2D eigenvalue weighted by Crippen LogP contribution is 2.27. The molecule has 0 unspecified atom stereocenters. The maximum absolute atomic E-state index is 12.6. The number of urea groups is 1. The van der Waals surface area contributed by atoms with Crippen LogP contribution in [0.1, 0.15) is 16.7 Å². The highest BCUT2D eigenvalue weighted by atomic mass is 16.6. The summed E-state index contributed by atoms with van der Waals surface area (Å²) in [6, 6.07) is 11.0. The van der Waals surface area contributed by atoms with Gasteiger partial charge in [0.2, 0.25) is 0 Å². The largest absolute Gasteiger partial charge is 0.496 e. The van der Waals surface area contributed by atoms with Crippen LogP contribution in [0.15, 0.2) is 48.2 Å². The molecule has 1 saturated heterocycles. The lowest BCUT2D eigenvalue weighted by Crippen LogP contribution is -2.30. The normalized spacial score (nSPS) is 15.2. The van der Waals surface area contributed by atoms with Crippen molar-refractivity contribution in [2.24, 2.45) is 0 Å². The number of carbonyl (C=O) groups excluding carboxylic acids is 2. The molecule has 1 aliphatic rings. The minimum absolute atomic E-state index is 0.0338. The molecule has 0 bridgehead atoms. The molecule has 2 aromatic rings. The van der Waals surface area contributed by atoms with Crippen molar-refractivity contribution >= 4 is 23.7 Å². The molecule has 0 saturated carbocycles. The lowest BCUT2D eigenvalue weighted by atomic mass is 10.1. The fourth-order valence-electron chi connectivity index (χ4n) is 2.81. The van der Waals surface area contributed by atoms with Gasteiger partial charge in [-0.1, -0.05) is 29.8 Å². The number of nitro benzene ring substituents is 1. The van der Waals surface area contributed by atoms with Crippen molar-refractivity contribution in [1.29, 1.82) is 0 Å². The van der Waals surface area contributed by atoms with Crippen LogP contribution in [0.25, 0.3) is 6.08 Å². The molecule has 2 aromatic carbocycles. The van der Waals surface area contributed by atoms with E-state index in [1.165, 1.54) is 31.4 Å². The molecular weight excluding hydrogens is 350 g/mol. The molecule has 0 aromatic heterocycles. The number of imide groups is 1. The number of carbonyl (C=O) groups is 2. The van der Waals surface area contributed by atoms with E-state index in [1.807, 2.05) is 31.2 Å². The van der Waals surface area contributed by atoms with Gasteiger partial charge in [0.25, 0.3) is 11.6 Å². The SMILES string of the molecule is COc1ccc([N+](=O)[O-])cc1/C=C1/NC(=O)N(Cc2cccc(C)c2)C1=O. The van der Waals surface area contributed by atoms with E-state index in [1.54, 1.807) is 0 Å². The first-order chi connectivity index (χ1) is 12.9. The Morgan fingerprint density at radius 3 is 2.67 bits per heavy atom. The second-order valence-electron chi connectivity index (χ2n) is 6.05. The van der Waals surface area contributed by atoms with Crippen molar-refractivity contribution in [2.75, 3.05) is 7.11 Å². The number of nitro groups is 1. The third-order valence-corrected chi connectivity index (χ3v) is 4.11. The van der Waals surface area contributed by atoms with Crippen LogP contribution in [-0.4, -0.2) is 28.9 Å². The predicted octanol–water partition coefficient (Wildman–Crippen LogP) is 3.00. The summed E-state index contributed by atoms with van der Waals surface area (Å²) in [6.07, 6.45) is 1.38. The Hall–Kier alpha value is -3.68. The maximum Gasteiger partial charge on any atom is 0.329 e. The van der Waals surface area contributed by atoms with E-state index in [0.29, 0.717) is 11.3 Å². The Labute approximate surface area is 155 Å². The summed E-state index contributed by atoms with van der Waals surface area (Å²) in [7, 11) is 1.42. The first kappa shape index (κ1) is 18.1. The summed E-state index contributed by atoms with van der Waals surface area (Å²) >= 11 is 0. The van der Waals surface area contributed by atoms with Gasteiger partial charge in [0.15, 0.2) is 0 Å². The zero-order chi connectivity index (χ0) is 19.6. The van der Waals surface area contributed by atoms with Crippen LogP contribution in [0.3, 0.4) is 0 Å². The molecular formula is C19H17N3O5. The zero-order valence-corrected chi connectivity index (χ0v) is 14.8. The van der Waals surface area contributed by atoms with E-state index in [-0.39, 0.29) is 17.9 Å². The van der Waals surface area contributed by atoms with Gasteiger partial charge in [-0.3, -0.25) is 19.8 Å². The van der Waals surface area contributed by atoms with Crippen molar-refractivity contribution in [3.63, 3.8) is 0 Å². The van der Waals surface area contributed by atoms with Gasteiger partial charge in [0.1, 0.15) is 11.4 Å². The highest BCUT2D eigenvalue weighted by Gasteiger charge is 2.33. The number of amides is 3. The molecule has 138 valence electrons. The average Bonchev–Trinajstić information content (AvgIpc) is 2.89. The monoisotopic (exact) mass is 367 g/mol. The van der Waals surface area contributed by atoms with Crippen molar-refractivity contribution in [1.82, 2.24) is 10.2 Å². The summed E-state index contributed by atoms with van der Waals surface area (Å²) in [6.45, 7) is 2.06. The van der Waals surface area contributed by atoms with E-state index < -0.39 is 16.9 Å². The van der Waals surface area contributed by atoms with Gasteiger partial charge in [0.05, 0.1) is 18.6 Å². The number of non-ortho nitro benzene ring substituents is 1. The zero-order valence-electron chi connectivity index (χ0n) is 14.8. The van der Waals surface area contributed by atoms with Gasteiger partial charge in [-0.05, 0) is 24.6 Å². The topological polar surface area (TPSA) is 102 Å². The lowest BCUT2D eigenvalue weighted by molar-refractivity contribution is -0.384. The minimum atomic E-state index is -0.544. The second kappa shape index (κ2) is 7.28. The van der Waals surface area contributed by atoms with Crippen LogP contribution in [-0.2, 0) is 11.3 Å². The number of methoxy groups -OCH3 is 1. The van der Waals surface area contributed by atoms with Gasteiger partial charge < -0.3 is 10.1 Å². The number of aryl methyl sites for hydroxylation is 1. The van der Waals surface area contributed by atoms with Crippen LogP contribution in [0.4, 0.5) is 10.5 Å². The van der Waals surface area contributed by atoms with Crippen molar-refractivity contribution in [3.8, 4) is 5.75 Å². The lowest BCUT2D eigenvalue weighted by Gasteiger charge is -2.12. The Bertz CT molecular complexity index is 968. The fraction of sp³-hybridized carbons (Fsp3) is 0.158. The second-order valence-corrected chi connectivity index (χ2v) is 6.05. The summed E-state index contributed by atoms with van der Waals surface area (Å²) in [5.74, 6) is -0.151. The molecule has 0 radical (unpaired) electrons. The molecule has 3 amide bonds. The average molecular weight is 367 g/mol. The molecule has 0 atom stereocenters. The van der Waals surface area contributed by atoms with Crippen LogP contribution < -0.4 is 10.1 Å². The molecule has 8 heteroatoms. The smallest absolute Gasteiger partial charge is 0.329 e. The number of nitrogens with one attached hydrogen (secondary N) is 1. The van der Waals surface area contributed by atoms with Crippen LogP contribution >= 0.6 is 0 Å². The van der Waals surface area contributed by atoms with Gasteiger partial charge in [-0.15, -0.1) is 0 Å². The summed E-state index contributed by atoms with van der Waals surface area (Å²) in [5.41, 5.74) is 2.07. The Kier molecular flexibility index (Phi) is 4.89. The number of ether oxygens (including phenoxy) is 1. The van der Waals surface area contributed by atoms with Gasteiger partial charge in [-0.2, -0.15) is 0 Å². The quantitative estimate of drug-likeness (QED) is 0.379. The molecule has 0 aliphatic carbocycles. The van der Waals surface area contributed by atoms with E-state index in [2.05, 4.69) is 5.32 Å². The molecule has 27 heavy (non-hydrogen) atoms. The van der Waals surface area contributed by atoms with Crippen molar-refractivity contribution in [2.45, 2.75) is 13.5 Å². The standard InChI is InChI=1S/C19H17N3O5/c1-12-4-3-5-13(8-12)11-21-18(23)16(20-19(21)24)10-14-9-15(22(25)26)6-7-17(14)27-2/h3-10H,11H2,1-2H3,(H,20,24)/b16-10+. The number of hydrogen-bond acceptors (Lipinski definition) is 5. The van der Waals surface area contributed by atoms with E-state index in [4.69, 9.17) is 4.74 Å². The fourth-order valence-corrected chi connectivity index (χ4v) is 2.81. The van der Waals surface area contributed by atoms with E-state index >= 15 is 0 Å². The number of benzene rings is 2. The summed E-state index contributed by atoms with van der Waals surface area (Å²) < 4.78 is 5.18. The first-order valence-corrected chi connectivity index (χ1v) is 8.11. The molecule has 1 heterocycles. The van der Waals surface area contributed by atoms with Gasteiger partial charge >= 0.3 is 6.03 Å². The maximum atomic E-state index is 12.6. The first-order valence-electron chi connectivity index (χ1n) is 8.11. The van der Waals surface area contributed by atoms with Crippen LogP contribution in [0.2, 0.25) is 0 Å². The van der Waals surface area contributed by atoms with E-state index in [9.17, 15) is 19.7 Å². The predicted molar refractivity (Wildman–Crippen MR) is 97.9 cm³/mol. The summed E-state index contributed by atoms with van der Waals surface area (Å²) in [5, 5.41) is 13.5. The summed E-state index contributed by atoms with van der Waals surface area (Å²) in [4.78, 5) is 36.4. The molecule has 0 spiro atoms. The van der Waals surface area contributed by atoms with Gasteiger partial charge in [0, 0.05) is 17.7 Å². The highest BCUT2D eigenvalue weighted by molar-refractivity contribution is 6.14. The third kappa shape index (κ3) is 3.79. The number of nitrogens with zero attached hydrogens (tertiary/aromatic N) is 2. The minimum Gasteiger partial charge on any atom is -0.496 e. The molecule has 1 N–H and O–H groups in total. The Morgan fingerprint density at radius 1 is 1.22 bits per heavy atom. The Balaban J connectivity index is 1.90. The molecule has 1 fully saturated rings. The van der Waals surface area contributed by atoms with Crippen molar-refractivity contribution in [3.05, 3.63) is 75.0 Å². The molecule has 3 rings (SSSR count). The van der Waals surface area contributed by atoms with Crippen molar-refractivity contribution < 1.29 is 19.2 Å². The van der Waals surface area contributed by atoms with E-state index in [0.717, 1.165) is 16.0 Å².